The predicted molar refractivity (Wildman–Crippen MR) is 140 cm³/mol. The molecule has 8 nitrogen and oxygen atoms in total. The molecule has 186 valence electrons. The first-order valence-corrected chi connectivity index (χ1v) is 12.9. The van der Waals surface area contributed by atoms with Crippen molar-refractivity contribution in [1.29, 1.82) is 0 Å². The molecule has 2 heterocycles. The third-order valence-electron chi connectivity index (χ3n) is 5.24. The van der Waals surface area contributed by atoms with Gasteiger partial charge in [-0.3, -0.25) is 9.36 Å². The van der Waals surface area contributed by atoms with Crippen molar-refractivity contribution in [3.05, 3.63) is 62.8 Å². The van der Waals surface area contributed by atoms with Crippen molar-refractivity contribution in [2.24, 2.45) is 0 Å². The summed E-state index contributed by atoms with van der Waals surface area (Å²) in [6, 6.07) is 3.75. The van der Waals surface area contributed by atoms with Gasteiger partial charge in [-0.1, -0.05) is 29.4 Å². The number of amides is 1. The van der Waals surface area contributed by atoms with Crippen molar-refractivity contribution in [1.82, 2.24) is 14.8 Å². The Labute approximate surface area is 217 Å². The molecular formula is C24H27ClN4O4S2. The van der Waals surface area contributed by atoms with Gasteiger partial charge in [0.1, 0.15) is 17.4 Å². The Balaban J connectivity index is 1.68. The van der Waals surface area contributed by atoms with Gasteiger partial charge in [0, 0.05) is 16.4 Å². The molecule has 1 N–H and O–H groups in total. The van der Waals surface area contributed by atoms with Gasteiger partial charge in [0.15, 0.2) is 11.0 Å². The molecule has 2 aromatic heterocycles. The van der Waals surface area contributed by atoms with E-state index >= 15 is 0 Å². The SMILES string of the molecule is C=CCn1c(COc2cc(C)c(Cl)c(C)c2)nnc1SCC(=O)Nc1sc(C)c(C)c1C(=O)OC. The summed E-state index contributed by atoms with van der Waals surface area (Å²) in [5.41, 5.74) is 3.05. The number of methoxy groups -OCH3 is 1. The zero-order valence-electron chi connectivity index (χ0n) is 20.2. The highest BCUT2D eigenvalue weighted by atomic mass is 35.5. The Morgan fingerprint density at radius 3 is 2.54 bits per heavy atom. The fourth-order valence-corrected chi connectivity index (χ4v) is 5.28. The minimum absolute atomic E-state index is 0.0856. The van der Waals surface area contributed by atoms with Crippen LogP contribution in [-0.2, 0) is 22.7 Å². The molecule has 0 atom stereocenters. The third kappa shape index (κ3) is 6.25. The van der Waals surface area contributed by atoms with E-state index < -0.39 is 5.97 Å². The van der Waals surface area contributed by atoms with Crippen LogP contribution in [0.25, 0.3) is 0 Å². The number of halogens is 1. The molecule has 1 aromatic carbocycles. The summed E-state index contributed by atoms with van der Waals surface area (Å²) in [6.07, 6.45) is 1.73. The monoisotopic (exact) mass is 534 g/mol. The number of carbonyl (C=O) groups excluding carboxylic acids is 2. The van der Waals surface area contributed by atoms with Gasteiger partial charge >= 0.3 is 5.97 Å². The van der Waals surface area contributed by atoms with Crippen LogP contribution in [0.15, 0.2) is 29.9 Å². The molecule has 0 fully saturated rings. The van der Waals surface area contributed by atoms with E-state index in [4.69, 9.17) is 21.1 Å². The molecule has 0 spiro atoms. The lowest BCUT2D eigenvalue weighted by Gasteiger charge is -2.11. The first kappa shape index (κ1) is 26.8. The molecule has 0 unspecified atom stereocenters. The Bertz CT molecular complexity index is 1250. The van der Waals surface area contributed by atoms with Gasteiger partial charge in [-0.25, -0.2) is 4.79 Å². The second-order valence-corrected chi connectivity index (χ2v) is 10.3. The number of esters is 1. The lowest BCUT2D eigenvalue weighted by molar-refractivity contribution is -0.113. The number of aryl methyl sites for hydroxylation is 3. The minimum atomic E-state index is -0.476. The van der Waals surface area contributed by atoms with Crippen molar-refractivity contribution in [3.63, 3.8) is 0 Å². The van der Waals surface area contributed by atoms with Gasteiger partial charge in [-0.2, -0.15) is 0 Å². The largest absolute Gasteiger partial charge is 0.486 e. The Morgan fingerprint density at radius 2 is 1.91 bits per heavy atom. The van der Waals surface area contributed by atoms with Crippen LogP contribution < -0.4 is 10.1 Å². The number of anilines is 1. The van der Waals surface area contributed by atoms with Gasteiger partial charge < -0.3 is 14.8 Å². The van der Waals surface area contributed by atoms with Crippen molar-refractivity contribution in [2.75, 3.05) is 18.2 Å². The molecule has 3 rings (SSSR count). The fraction of sp³-hybridized carbons (Fsp3) is 0.333. The van der Waals surface area contributed by atoms with E-state index in [9.17, 15) is 9.59 Å². The third-order valence-corrected chi connectivity index (χ3v) is 7.93. The maximum atomic E-state index is 12.7. The van der Waals surface area contributed by atoms with Gasteiger partial charge in [0.25, 0.3) is 0 Å². The summed E-state index contributed by atoms with van der Waals surface area (Å²) in [5, 5.41) is 13.1. The highest BCUT2D eigenvalue weighted by Crippen LogP contribution is 2.33. The van der Waals surface area contributed by atoms with Crippen molar-refractivity contribution >= 4 is 51.6 Å². The first-order chi connectivity index (χ1) is 16.7. The van der Waals surface area contributed by atoms with E-state index in [1.165, 1.54) is 30.2 Å². The smallest absolute Gasteiger partial charge is 0.341 e. The highest BCUT2D eigenvalue weighted by molar-refractivity contribution is 7.99. The van der Waals surface area contributed by atoms with Gasteiger partial charge in [0.2, 0.25) is 5.91 Å². The average Bonchev–Trinajstić information content (AvgIpc) is 3.33. The number of nitrogens with one attached hydrogen (secondary N) is 1. The maximum Gasteiger partial charge on any atom is 0.341 e. The lowest BCUT2D eigenvalue weighted by atomic mass is 10.1. The minimum Gasteiger partial charge on any atom is -0.486 e. The number of thioether (sulfide) groups is 1. The summed E-state index contributed by atoms with van der Waals surface area (Å²) in [4.78, 5) is 25.7. The summed E-state index contributed by atoms with van der Waals surface area (Å²) in [5.74, 6) is 0.642. The van der Waals surface area contributed by atoms with Gasteiger partial charge in [-0.05, 0) is 56.5 Å². The number of allylic oxidation sites excluding steroid dienone is 1. The van der Waals surface area contributed by atoms with Crippen LogP contribution in [0.3, 0.4) is 0 Å². The standard InChI is InChI=1S/C24H27ClN4O4S2/c1-7-8-29-18(11-33-17-9-13(2)21(25)14(3)10-17)27-28-24(29)34-12-19(30)26-22-20(23(31)32-6)15(4)16(5)35-22/h7,9-10H,1,8,11-12H2,2-6H3,(H,26,30). The quantitative estimate of drug-likeness (QED) is 0.208. The number of aromatic nitrogens is 3. The van der Waals surface area contributed by atoms with E-state index in [2.05, 4.69) is 22.1 Å². The Kier molecular flexibility index (Phi) is 8.98. The second-order valence-electron chi connectivity index (χ2n) is 7.77. The van der Waals surface area contributed by atoms with Crippen LogP contribution in [0.5, 0.6) is 5.75 Å². The number of thiophene rings is 1. The predicted octanol–water partition coefficient (Wildman–Crippen LogP) is 5.51. The van der Waals surface area contributed by atoms with Gasteiger partial charge in [-0.15, -0.1) is 28.1 Å². The normalized spacial score (nSPS) is 10.8. The number of rotatable bonds is 10. The molecule has 0 aliphatic heterocycles. The molecule has 1 amide bonds. The Hall–Kier alpha value is -2.82. The topological polar surface area (TPSA) is 95.3 Å². The maximum absolute atomic E-state index is 12.7. The van der Waals surface area contributed by atoms with E-state index in [1.807, 2.05) is 44.4 Å². The number of ether oxygens (including phenoxy) is 2. The van der Waals surface area contributed by atoms with Crippen LogP contribution in [0, 0.1) is 27.7 Å². The second kappa shape index (κ2) is 11.7. The molecule has 0 aliphatic carbocycles. The van der Waals surface area contributed by atoms with Crippen molar-refractivity contribution in [3.8, 4) is 5.75 Å². The molecule has 3 aromatic rings. The molecule has 0 radical (unpaired) electrons. The number of carbonyl (C=O) groups is 2. The van der Waals surface area contributed by atoms with Crippen LogP contribution >= 0.6 is 34.7 Å². The molecule has 35 heavy (non-hydrogen) atoms. The summed E-state index contributed by atoms with van der Waals surface area (Å²) in [7, 11) is 1.32. The number of hydrogen-bond donors (Lipinski definition) is 1. The summed E-state index contributed by atoms with van der Waals surface area (Å²) >= 11 is 8.82. The molecule has 0 saturated carbocycles. The van der Waals surface area contributed by atoms with Crippen LogP contribution in [0.1, 0.15) is 37.7 Å². The number of hydrogen-bond acceptors (Lipinski definition) is 8. The van der Waals surface area contributed by atoms with Crippen molar-refractivity contribution in [2.45, 2.75) is 46.0 Å². The fourth-order valence-electron chi connectivity index (χ4n) is 3.34. The van der Waals surface area contributed by atoms with E-state index in [-0.39, 0.29) is 18.3 Å². The van der Waals surface area contributed by atoms with E-state index in [0.717, 1.165) is 26.6 Å². The van der Waals surface area contributed by atoms with Crippen LogP contribution in [0.2, 0.25) is 5.02 Å². The zero-order valence-corrected chi connectivity index (χ0v) is 22.6. The number of benzene rings is 1. The van der Waals surface area contributed by atoms with Crippen molar-refractivity contribution < 1.29 is 19.1 Å². The summed E-state index contributed by atoms with van der Waals surface area (Å²) < 4.78 is 12.6. The van der Waals surface area contributed by atoms with E-state index in [0.29, 0.717) is 33.8 Å². The molecule has 0 saturated heterocycles. The lowest BCUT2D eigenvalue weighted by Crippen LogP contribution is -2.16. The zero-order chi connectivity index (χ0) is 25.7. The first-order valence-electron chi connectivity index (χ1n) is 10.7. The summed E-state index contributed by atoms with van der Waals surface area (Å²) in [6.45, 7) is 12.0. The van der Waals surface area contributed by atoms with Crippen LogP contribution in [0.4, 0.5) is 5.00 Å². The molecule has 0 bridgehead atoms. The molecule has 0 aliphatic rings. The Morgan fingerprint density at radius 1 is 1.23 bits per heavy atom. The molecular weight excluding hydrogens is 508 g/mol. The van der Waals surface area contributed by atoms with Crippen LogP contribution in [-0.4, -0.2) is 39.5 Å². The number of nitrogens with zero attached hydrogens (tertiary/aromatic N) is 3. The van der Waals surface area contributed by atoms with E-state index in [1.54, 1.807) is 6.08 Å². The van der Waals surface area contributed by atoms with Gasteiger partial charge in [0.05, 0.1) is 18.4 Å². The molecule has 11 heteroatoms. The highest BCUT2D eigenvalue weighted by Gasteiger charge is 2.22. The average molecular weight is 535 g/mol.